The van der Waals surface area contributed by atoms with Gasteiger partial charge in [-0.05, 0) is 19.3 Å². The van der Waals surface area contributed by atoms with Crippen LogP contribution in [-0.2, 0) is 17.7 Å². The molecule has 0 aromatic carbocycles. The Kier molecular flexibility index (Phi) is 4.71. The third-order valence-electron chi connectivity index (χ3n) is 3.55. The summed E-state index contributed by atoms with van der Waals surface area (Å²) in [4.78, 5) is 0. The van der Waals surface area contributed by atoms with Crippen LogP contribution in [-0.4, -0.2) is 28.7 Å². The highest BCUT2D eigenvalue weighted by Gasteiger charge is 2.25. The summed E-state index contributed by atoms with van der Waals surface area (Å²) in [6, 6.07) is 2.19. The van der Waals surface area contributed by atoms with Crippen LogP contribution in [0, 0.1) is 11.3 Å². The maximum atomic E-state index is 8.86. The van der Waals surface area contributed by atoms with Crippen molar-refractivity contribution in [3.63, 3.8) is 0 Å². The van der Waals surface area contributed by atoms with Crippen LogP contribution >= 0.6 is 0 Å². The lowest BCUT2D eigenvalue weighted by atomic mass is 10.0. The molecule has 0 radical (unpaired) electrons. The zero-order valence-electron chi connectivity index (χ0n) is 10.9. The molecule has 1 saturated carbocycles. The van der Waals surface area contributed by atoms with Gasteiger partial charge in [0.2, 0.25) is 0 Å². The van der Waals surface area contributed by atoms with Gasteiger partial charge < -0.3 is 4.74 Å². The smallest absolute Gasteiger partial charge is 0.100 e. The molecule has 2 rings (SSSR count). The van der Waals surface area contributed by atoms with Gasteiger partial charge in [0.15, 0.2) is 0 Å². The van der Waals surface area contributed by atoms with Crippen LogP contribution in [0.3, 0.4) is 0 Å². The summed E-state index contributed by atoms with van der Waals surface area (Å²) in [5.41, 5.74) is 2.08. The largest absolute Gasteiger partial charge is 0.385 e. The van der Waals surface area contributed by atoms with E-state index in [0.29, 0.717) is 12.3 Å². The van der Waals surface area contributed by atoms with Gasteiger partial charge in [0.1, 0.15) is 5.69 Å². The van der Waals surface area contributed by atoms with Gasteiger partial charge in [0.25, 0.3) is 0 Å². The van der Waals surface area contributed by atoms with Crippen molar-refractivity contribution in [1.82, 2.24) is 15.0 Å². The van der Waals surface area contributed by atoms with Crippen molar-refractivity contribution in [2.45, 2.75) is 51.0 Å². The molecule has 1 aromatic heterocycles. The van der Waals surface area contributed by atoms with Gasteiger partial charge in [-0.3, -0.25) is 0 Å². The van der Waals surface area contributed by atoms with Gasteiger partial charge in [0, 0.05) is 26.2 Å². The highest BCUT2D eigenvalue weighted by molar-refractivity contribution is 5.19. The normalized spacial score (nSPS) is 16.0. The molecule has 1 fully saturated rings. The average Bonchev–Trinajstić information content (AvgIpc) is 2.99. The quantitative estimate of drug-likeness (QED) is 0.723. The second-order valence-electron chi connectivity index (χ2n) is 4.81. The molecule has 0 atom stereocenters. The standard InChI is InChI=1S/C13H20N4O/c1-18-10-4-9-17-13(11-5-2-3-6-11)12(7-8-14)15-16-17/h11H,2-7,9-10H2,1H3. The number of rotatable bonds is 6. The van der Waals surface area contributed by atoms with E-state index in [0.717, 1.165) is 25.3 Å². The Hall–Kier alpha value is -1.41. The molecular weight excluding hydrogens is 228 g/mol. The summed E-state index contributed by atoms with van der Waals surface area (Å²) in [7, 11) is 1.71. The van der Waals surface area contributed by atoms with Crippen molar-refractivity contribution in [1.29, 1.82) is 5.26 Å². The molecule has 0 spiro atoms. The number of methoxy groups -OCH3 is 1. The molecule has 98 valence electrons. The van der Waals surface area contributed by atoms with Gasteiger partial charge in [-0.15, -0.1) is 5.10 Å². The molecule has 0 aliphatic heterocycles. The molecule has 0 saturated heterocycles. The maximum absolute atomic E-state index is 8.86. The molecule has 0 unspecified atom stereocenters. The summed E-state index contributed by atoms with van der Waals surface area (Å²) < 4.78 is 7.06. The van der Waals surface area contributed by atoms with Crippen LogP contribution in [0.5, 0.6) is 0 Å². The lowest BCUT2D eigenvalue weighted by Gasteiger charge is -2.13. The van der Waals surface area contributed by atoms with E-state index in [-0.39, 0.29) is 0 Å². The Morgan fingerprint density at radius 1 is 1.44 bits per heavy atom. The molecule has 1 heterocycles. The van der Waals surface area contributed by atoms with Crippen molar-refractivity contribution in [2.24, 2.45) is 0 Å². The van der Waals surface area contributed by atoms with Crippen LogP contribution in [0.15, 0.2) is 0 Å². The minimum absolute atomic E-state index is 0.371. The Bertz CT molecular complexity index is 415. The zero-order valence-corrected chi connectivity index (χ0v) is 10.9. The molecular formula is C13H20N4O. The number of ether oxygens (including phenoxy) is 1. The van der Waals surface area contributed by atoms with Crippen LogP contribution in [0.4, 0.5) is 0 Å². The third kappa shape index (κ3) is 2.88. The first kappa shape index (κ1) is 13.0. The number of nitriles is 1. The summed E-state index contributed by atoms with van der Waals surface area (Å²) >= 11 is 0. The third-order valence-corrected chi connectivity index (χ3v) is 3.55. The molecule has 1 aromatic rings. The second-order valence-corrected chi connectivity index (χ2v) is 4.81. The van der Waals surface area contributed by atoms with Crippen molar-refractivity contribution in [3.05, 3.63) is 11.4 Å². The molecule has 5 heteroatoms. The molecule has 1 aliphatic carbocycles. The lowest BCUT2D eigenvalue weighted by Crippen LogP contribution is -2.11. The first-order valence-corrected chi connectivity index (χ1v) is 6.65. The van der Waals surface area contributed by atoms with E-state index >= 15 is 0 Å². The van der Waals surface area contributed by atoms with Crippen LogP contribution in [0.1, 0.15) is 49.4 Å². The minimum Gasteiger partial charge on any atom is -0.385 e. The topological polar surface area (TPSA) is 63.7 Å². The van der Waals surface area contributed by atoms with Gasteiger partial charge in [0.05, 0.1) is 18.2 Å². The maximum Gasteiger partial charge on any atom is 0.100 e. The number of aryl methyl sites for hydroxylation is 1. The monoisotopic (exact) mass is 248 g/mol. The number of hydrogen-bond donors (Lipinski definition) is 0. The van der Waals surface area contributed by atoms with Crippen LogP contribution in [0.25, 0.3) is 0 Å². The molecule has 0 bridgehead atoms. The molecule has 5 nitrogen and oxygen atoms in total. The minimum atomic E-state index is 0.371. The van der Waals surface area contributed by atoms with E-state index in [4.69, 9.17) is 10.00 Å². The van der Waals surface area contributed by atoms with Crippen molar-refractivity contribution >= 4 is 0 Å². The van der Waals surface area contributed by atoms with E-state index in [2.05, 4.69) is 16.4 Å². The molecule has 0 amide bonds. The highest BCUT2D eigenvalue weighted by Crippen LogP contribution is 2.35. The van der Waals surface area contributed by atoms with Crippen LogP contribution in [0.2, 0.25) is 0 Å². The van der Waals surface area contributed by atoms with E-state index in [1.54, 1.807) is 7.11 Å². The Labute approximate surface area is 108 Å². The van der Waals surface area contributed by atoms with Crippen molar-refractivity contribution < 1.29 is 4.74 Å². The zero-order chi connectivity index (χ0) is 12.8. The van der Waals surface area contributed by atoms with E-state index in [9.17, 15) is 0 Å². The van der Waals surface area contributed by atoms with Gasteiger partial charge in [-0.25, -0.2) is 4.68 Å². The van der Waals surface area contributed by atoms with Crippen LogP contribution < -0.4 is 0 Å². The van der Waals surface area contributed by atoms with Crippen molar-refractivity contribution in [2.75, 3.05) is 13.7 Å². The molecule has 0 N–H and O–H groups in total. The first-order chi connectivity index (χ1) is 8.86. The second kappa shape index (κ2) is 6.50. The van der Waals surface area contributed by atoms with Crippen molar-refractivity contribution in [3.8, 4) is 6.07 Å². The Morgan fingerprint density at radius 3 is 2.89 bits per heavy atom. The fourth-order valence-corrected chi connectivity index (χ4v) is 2.73. The summed E-state index contributed by atoms with van der Waals surface area (Å²) in [5.74, 6) is 0.547. The predicted octanol–water partition coefficient (Wildman–Crippen LogP) is 2.04. The average molecular weight is 248 g/mol. The number of hydrogen-bond acceptors (Lipinski definition) is 4. The van der Waals surface area contributed by atoms with E-state index in [1.807, 2.05) is 4.68 Å². The van der Waals surface area contributed by atoms with Gasteiger partial charge >= 0.3 is 0 Å². The number of aromatic nitrogens is 3. The van der Waals surface area contributed by atoms with Gasteiger partial charge in [-0.2, -0.15) is 5.26 Å². The Balaban J connectivity index is 2.14. The molecule has 18 heavy (non-hydrogen) atoms. The van der Waals surface area contributed by atoms with Gasteiger partial charge in [-0.1, -0.05) is 18.1 Å². The summed E-state index contributed by atoms with van der Waals surface area (Å²) in [5, 5.41) is 17.3. The lowest BCUT2D eigenvalue weighted by molar-refractivity contribution is 0.188. The SMILES string of the molecule is COCCCn1nnc(CC#N)c1C1CCCC1. The summed E-state index contributed by atoms with van der Waals surface area (Å²) in [6.07, 6.45) is 6.27. The highest BCUT2D eigenvalue weighted by atomic mass is 16.5. The first-order valence-electron chi connectivity index (χ1n) is 6.65. The predicted molar refractivity (Wildman–Crippen MR) is 67.0 cm³/mol. The Morgan fingerprint density at radius 2 is 2.22 bits per heavy atom. The van der Waals surface area contributed by atoms with E-state index < -0.39 is 0 Å². The fraction of sp³-hybridized carbons (Fsp3) is 0.769. The fourth-order valence-electron chi connectivity index (χ4n) is 2.73. The van der Waals surface area contributed by atoms with E-state index in [1.165, 1.54) is 31.4 Å². The molecule has 1 aliphatic rings. The number of nitrogens with zero attached hydrogens (tertiary/aromatic N) is 4. The summed E-state index contributed by atoms with van der Waals surface area (Å²) in [6.45, 7) is 1.57.